The van der Waals surface area contributed by atoms with Gasteiger partial charge in [-0.1, -0.05) is 26.7 Å². The topological polar surface area (TPSA) is 69.6 Å². The van der Waals surface area contributed by atoms with E-state index < -0.39 is 0 Å². The third-order valence-corrected chi connectivity index (χ3v) is 7.11. The Kier molecular flexibility index (Phi) is 4.02. The van der Waals surface area contributed by atoms with Crippen LogP contribution in [-0.4, -0.2) is 47.6 Å². The van der Waals surface area contributed by atoms with Gasteiger partial charge in [0.05, 0.1) is 43.1 Å². The van der Waals surface area contributed by atoms with Gasteiger partial charge in [0, 0.05) is 6.07 Å². The number of hydrogen-bond acceptors (Lipinski definition) is 3. The fraction of sp³-hybridized carbons (Fsp3) is 0.700. The van der Waals surface area contributed by atoms with Gasteiger partial charge < -0.3 is 15.3 Å². The van der Waals surface area contributed by atoms with Crippen molar-refractivity contribution in [2.24, 2.45) is 10.8 Å². The zero-order chi connectivity index (χ0) is 17.8. The van der Waals surface area contributed by atoms with Gasteiger partial charge in [0.25, 0.3) is 0 Å². The largest absolute Gasteiger partial charge is 0.508 e. The standard InChI is InChI=1S/C20H30N2O3/c1-3-7-19-10-21-12-20(8-4-2,18(19)25)13-22(11-19)17(21)15-6-5-14(23)9-16(15)24/h5-6,9,17-18,23-25H,3-4,7-8,10-13H2,1-2H3/p+2. The summed E-state index contributed by atoms with van der Waals surface area (Å²) in [5, 5.41) is 31.4. The van der Waals surface area contributed by atoms with Gasteiger partial charge in [0.15, 0.2) is 0 Å². The summed E-state index contributed by atoms with van der Waals surface area (Å²) >= 11 is 0. The summed E-state index contributed by atoms with van der Waals surface area (Å²) in [4.78, 5) is 3.00. The Morgan fingerprint density at radius 2 is 1.48 bits per heavy atom. The van der Waals surface area contributed by atoms with Crippen molar-refractivity contribution in [1.29, 1.82) is 0 Å². The van der Waals surface area contributed by atoms with Gasteiger partial charge in [-0.05, 0) is 25.0 Å². The van der Waals surface area contributed by atoms with E-state index in [1.54, 1.807) is 6.07 Å². The lowest BCUT2D eigenvalue weighted by Crippen LogP contribution is -3.41. The highest BCUT2D eigenvalue weighted by atomic mass is 16.3. The fourth-order valence-corrected chi connectivity index (χ4v) is 6.63. The molecule has 4 bridgehead atoms. The van der Waals surface area contributed by atoms with Crippen molar-refractivity contribution in [2.45, 2.75) is 51.8 Å². The van der Waals surface area contributed by atoms with Gasteiger partial charge in [0.1, 0.15) is 17.1 Å². The van der Waals surface area contributed by atoms with Gasteiger partial charge in [-0.2, -0.15) is 0 Å². The third kappa shape index (κ3) is 2.40. The number of aromatic hydroxyl groups is 2. The van der Waals surface area contributed by atoms with Crippen LogP contribution in [0.3, 0.4) is 0 Å². The predicted molar refractivity (Wildman–Crippen MR) is 94.6 cm³/mol. The predicted octanol–water partition coefficient (Wildman–Crippen LogP) is -0.159. The second-order valence-corrected chi connectivity index (χ2v) is 8.83. The maximum Gasteiger partial charge on any atom is 0.243 e. The highest BCUT2D eigenvalue weighted by Crippen LogP contribution is 2.46. The quantitative estimate of drug-likeness (QED) is 0.514. The fourth-order valence-electron chi connectivity index (χ4n) is 6.63. The molecular formula is C20H32N2O3+2. The highest BCUT2D eigenvalue weighted by molar-refractivity contribution is 5.39. The summed E-state index contributed by atoms with van der Waals surface area (Å²) in [6, 6.07) is 5.02. The van der Waals surface area contributed by atoms with Crippen LogP contribution in [0.2, 0.25) is 0 Å². The molecule has 0 saturated carbocycles. The Balaban J connectivity index is 1.73. The molecule has 0 atom stereocenters. The zero-order valence-corrected chi connectivity index (χ0v) is 15.4. The number of benzene rings is 1. The molecule has 5 nitrogen and oxygen atoms in total. The number of aliphatic hydroxyl groups excluding tert-OH is 1. The van der Waals surface area contributed by atoms with Gasteiger partial charge in [0.2, 0.25) is 6.17 Å². The number of phenols is 2. The van der Waals surface area contributed by atoms with E-state index in [9.17, 15) is 15.3 Å². The van der Waals surface area contributed by atoms with E-state index in [4.69, 9.17) is 0 Å². The molecule has 4 aliphatic rings. The maximum atomic E-state index is 11.3. The van der Waals surface area contributed by atoms with Crippen molar-refractivity contribution in [3.8, 4) is 11.5 Å². The van der Waals surface area contributed by atoms with Gasteiger partial charge >= 0.3 is 0 Å². The van der Waals surface area contributed by atoms with Gasteiger partial charge in [-0.25, -0.2) is 0 Å². The molecule has 4 heterocycles. The summed E-state index contributed by atoms with van der Waals surface area (Å²) < 4.78 is 0. The average Bonchev–Trinajstić information content (AvgIpc) is 2.53. The smallest absolute Gasteiger partial charge is 0.243 e. The van der Waals surface area contributed by atoms with Crippen LogP contribution in [-0.2, 0) is 0 Å². The van der Waals surface area contributed by atoms with Crippen molar-refractivity contribution in [3.05, 3.63) is 23.8 Å². The van der Waals surface area contributed by atoms with Gasteiger partial charge in [-0.3, -0.25) is 9.80 Å². The van der Waals surface area contributed by atoms with E-state index >= 15 is 0 Å². The molecule has 5 N–H and O–H groups in total. The van der Waals surface area contributed by atoms with Crippen LogP contribution in [0.4, 0.5) is 0 Å². The van der Waals surface area contributed by atoms with E-state index in [-0.39, 0.29) is 34.6 Å². The van der Waals surface area contributed by atoms with E-state index in [1.165, 1.54) is 15.9 Å². The Labute approximate surface area is 149 Å². The van der Waals surface area contributed by atoms with E-state index in [2.05, 4.69) is 13.8 Å². The summed E-state index contributed by atoms with van der Waals surface area (Å²) in [5.41, 5.74) is 0.983. The molecule has 0 unspecified atom stereocenters. The Bertz CT molecular complexity index is 620. The van der Waals surface area contributed by atoms with Crippen LogP contribution in [0.15, 0.2) is 18.2 Å². The zero-order valence-electron chi connectivity index (χ0n) is 15.4. The first-order valence-corrected chi connectivity index (χ1v) is 9.84. The van der Waals surface area contributed by atoms with Crippen LogP contribution in [0.1, 0.15) is 51.3 Å². The molecule has 0 aromatic heterocycles. The molecule has 0 amide bonds. The molecule has 5 heteroatoms. The lowest BCUT2D eigenvalue weighted by atomic mass is 9.56. The Morgan fingerprint density at radius 3 is 1.92 bits per heavy atom. The van der Waals surface area contributed by atoms with E-state index in [0.29, 0.717) is 0 Å². The number of phenolic OH excluding ortho intramolecular Hbond substituents is 2. The highest BCUT2D eigenvalue weighted by Gasteiger charge is 2.70. The third-order valence-electron chi connectivity index (χ3n) is 7.11. The minimum Gasteiger partial charge on any atom is -0.508 e. The first-order chi connectivity index (χ1) is 11.9. The number of aliphatic hydroxyl groups is 1. The van der Waals surface area contributed by atoms with Crippen LogP contribution < -0.4 is 9.80 Å². The monoisotopic (exact) mass is 348 g/mol. The lowest BCUT2D eigenvalue weighted by molar-refractivity contribution is -1.19. The van der Waals surface area contributed by atoms with Crippen molar-refractivity contribution >= 4 is 0 Å². The Hall–Kier alpha value is -1.30. The van der Waals surface area contributed by atoms with Crippen LogP contribution >= 0.6 is 0 Å². The molecule has 4 aliphatic heterocycles. The molecule has 1 aromatic carbocycles. The summed E-state index contributed by atoms with van der Waals surface area (Å²) in [6.07, 6.45) is 4.40. The number of nitrogens with one attached hydrogen (secondary N) is 2. The average molecular weight is 348 g/mol. The second kappa shape index (κ2) is 5.86. The second-order valence-electron chi connectivity index (χ2n) is 8.83. The lowest BCUT2D eigenvalue weighted by Gasteiger charge is -2.64. The molecule has 0 spiro atoms. The maximum absolute atomic E-state index is 11.3. The van der Waals surface area contributed by atoms with E-state index in [1.807, 2.05) is 6.07 Å². The molecule has 25 heavy (non-hydrogen) atoms. The SMILES string of the molecule is CCCC12C[NH+]3CC(CCC)(C[NH+](C1)C3c1ccc(O)cc1O)C2O. The first kappa shape index (κ1) is 17.1. The molecule has 4 saturated heterocycles. The molecule has 4 fully saturated rings. The van der Waals surface area contributed by atoms with E-state index in [0.717, 1.165) is 57.4 Å². The van der Waals surface area contributed by atoms with Crippen molar-refractivity contribution in [1.82, 2.24) is 0 Å². The number of piperidine rings is 2. The Morgan fingerprint density at radius 1 is 0.960 bits per heavy atom. The van der Waals surface area contributed by atoms with Crippen molar-refractivity contribution in [3.63, 3.8) is 0 Å². The summed E-state index contributed by atoms with van der Waals surface area (Å²) in [5.74, 6) is 0.312. The molecule has 0 radical (unpaired) electrons. The molecule has 5 rings (SSSR count). The van der Waals surface area contributed by atoms with Crippen LogP contribution in [0, 0.1) is 10.8 Å². The van der Waals surface area contributed by atoms with Crippen molar-refractivity contribution in [2.75, 3.05) is 26.2 Å². The summed E-state index contributed by atoms with van der Waals surface area (Å²) in [6.45, 7) is 8.39. The molecule has 1 aromatic rings. The van der Waals surface area contributed by atoms with Crippen molar-refractivity contribution < 1.29 is 25.1 Å². The van der Waals surface area contributed by atoms with Crippen LogP contribution in [0.25, 0.3) is 0 Å². The minimum absolute atomic E-state index is 0.0219. The molecular weight excluding hydrogens is 316 g/mol. The normalized spacial score (nSPS) is 42.0. The number of rotatable bonds is 5. The first-order valence-electron chi connectivity index (χ1n) is 9.84. The molecule has 138 valence electrons. The number of hydrogen-bond donors (Lipinski definition) is 5. The molecule has 0 aliphatic carbocycles. The van der Waals surface area contributed by atoms with Gasteiger partial charge in [-0.15, -0.1) is 0 Å². The summed E-state index contributed by atoms with van der Waals surface area (Å²) in [7, 11) is 0. The minimum atomic E-state index is -0.193. The van der Waals surface area contributed by atoms with Crippen LogP contribution in [0.5, 0.6) is 11.5 Å². The number of quaternary nitrogens is 2.